The van der Waals surface area contributed by atoms with Crippen LogP contribution in [-0.4, -0.2) is 37.2 Å². The first kappa shape index (κ1) is 17.0. The smallest absolute Gasteiger partial charge is 0.271 e. The molecule has 0 saturated heterocycles. The van der Waals surface area contributed by atoms with Gasteiger partial charge >= 0.3 is 0 Å². The molecule has 3 aromatic rings. The number of benzene rings is 1. The first-order chi connectivity index (χ1) is 13.1. The van der Waals surface area contributed by atoms with Crippen molar-refractivity contribution in [2.75, 3.05) is 0 Å². The second-order valence-electron chi connectivity index (χ2n) is 6.65. The molecule has 2 amide bonds. The van der Waals surface area contributed by atoms with Crippen molar-refractivity contribution in [3.05, 3.63) is 71.6 Å². The number of nitrogens with zero attached hydrogens (tertiary/aromatic N) is 4. The van der Waals surface area contributed by atoms with Crippen molar-refractivity contribution in [3.63, 3.8) is 0 Å². The minimum atomic E-state index is -0.221. The summed E-state index contributed by atoms with van der Waals surface area (Å²) in [6, 6.07) is 9.64. The Morgan fingerprint density at radius 1 is 1.22 bits per heavy atom. The molecule has 2 N–H and O–H groups in total. The van der Waals surface area contributed by atoms with Crippen molar-refractivity contribution in [2.45, 2.75) is 25.6 Å². The minimum Gasteiger partial charge on any atom is -0.348 e. The zero-order valence-corrected chi connectivity index (χ0v) is 14.9. The molecule has 1 aromatic carbocycles. The monoisotopic (exact) mass is 364 g/mol. The molecule has 8 nitrogen and oxygen atoms in total. The Kier molecular flexibility index (Phi) is 4.45. The largest absolute Gasteiger partial charge is 0.348 e. The zero-order valence-electron chi connectivity index (χ0n) is 14.9. The Labute approximate surface area is 156 Å². The highest BCUT2D eigenvalue weighted by atomic mass is 16.2. The predicted molar refractivity (Wildman–Crippen MR) is 98.0 cm³/mol. The molecule has 1 unspecified atom stereocenters. The van der Waals surface area contributed by atoms with Crippen molar-refractivity contribution in [2.24, 2.45) is 7.05 Å². The van der Waals surface area contributed by atoms with Crippen LogP contribution in [0.5, 0.6) is 0 Å². The third-order valence-electron chi connectivity index (χ3n) is 4.60. The van der Waals surface area contributed by atoms with Crippen LogP contribution < -0.4 is 10.6 Å². The van der Waals surface area contributed by atoms with E-state index in [4.69, 9.17) is 0 Å². The van der Waals surface area contributed by atoms with Gasteiger partial charge in [-0.05, 0) is 5.56 Å². The number of aryl methyl sites for hydroxylation is 1. The fraction of sp³-hybridized carbons (Fsp3) is 0.263. The topological polar surface area (TPSA) is 93.8 Å². The fourth-order valence-electron chi connectivity index (χ4n) is 3.24. The van der Waals surface area contributed by atoms with Gasteiger partial charge in [-0.1, -0.05) is 30.3 Å². The molecular formula is C19H20N6O2. The van der Waals surface area contributed by atoms with Crippen molar-refractivity contribution < 1.29 is 9.59 Å². The lowest BCUT2D eigenvalue weighted by Crippen LogP contribution is -2.36. The van der Waals surface area contributed by atoms with Gasteiger partial charge in [-0.3, -0.25) is 14.3 Å². The summed E-state index contributed by atoms with van der Waals surface area (Å²) in [5, 5.41) is 10.2. The molecule has 0 aliphatic carbocycles. The summed E-state index contributed by atoms with van der Waals surface area (Å²) in [6.45, 7) is 1.00. The first-order valence-electron chi connectivity index (χ1n) is 8.76. The Hall–Kier alpha value is -3.42. The Morgan fingerprint density at radius 3 is 2.78 bits per heavy atom. The lowest BCUT2D eigenvalue weighted by molar-refractivity contribution is 0.0930. The third-order valence-corrected chi connectivity index (χ3v) is 4.60. The molecule has 1 aliphatic heterocycles. The minimum absolute atomic E-state index is 0.108. The van der Waals surface area contributed by atoms with Gasteiger partial charge in [-0.2, -0.15) is 5.10 Å². The van der Waals surface area contributed by atoms with Crippen LogP contribution in [0.1, 0.15) is 32.1 Å². The molecule has 0 radical (unpaired) electrons. The number of carbonyl (C=O) groups is 2. The number of imidazole rings is 1. The molecule has 4 rings (SSSR count). The van der Waals surface area contributed by atoms with E-state index in [1.54, 1.807) is 28.0 Å². The van der Waals surface area contributed by atoms with Gasteiger partial charge in [0.2, 0.25) is 0 Å². The maximum Gasteiger partial charge on any atom is 0.271 e. The summed E-state index contributed by atoms with van der Waals surface area (Å²) in [5.41, 5.74) is 2.81. The molecule has 1 atom stereocenters. The summed E-state index contributed by atoms with van der Waals surface area (Å²) in [5.74, 6) is -0.377. The van der Waals surface area contributed by atoms with Crippen LogP contribution >= 0.6 is 0 Å². The predicted octanol–water partition coefficient (Wildman–Crippen LogP) is 0.901. The summed E-state index contributed by atoms with van der Waals surface area (Å²) < 4.78 is 3.50. The molecule has 1 aliphatic rings. The maximum absolute atomic E-state index is 12.5. The second-order valence-corrected chi connectivity index (χ2v) is 6.65. The highest BCUT2D eigenvalue weighted by molar-refractivity contribution is 5.95. The van der Waals surface area contributed by atoms with E-state index in [0.717, 1.165) is 11.3 Å². The van der Waals surface area contributed by atoms with E-state index in [0.29, 0.717) is 30.8 Å². The average Bonchev–Trinajstić information content (AvgIpc) is 3.36. The number of carbonyl (C=O) groups excluding carboxylic acids is 2. The van der Waals surface area contributed by atoms with Crippen molar-refractivity contribution in [3.8, 4) is 0 Å². The lowest BCUT2D eigenvalue weighted by atomic mass is 10.1. The number of fused-ring (bicyclic) bond motifs is 1. The summed E-state index contributed by atoms with van der Waals surface area (Å²) >= 11 is 0. The van der Waals surface area contributed by atoms with Gasteiger partial charge in [0.1, 0.15) is 5.69 Å². The van der Waals surface area contributed by atoms with Crippen LogP contribution in [0.3, 0.4) is 0 Å². The van der Waals surface area contributed by atoms with Crippen molar-refractivity contribution >= 4 is 11.8 Å². The zero-order chi connectivity index (χ0) is 18.8. The number of rotatable bonds is 5. The summed E-state index contributed by atoms with van der Waals surface area (Å²) in [6.07, 6.45) is 5.41. The summed E-state index contributed by atoms with van der Waals surface area (Å²) in [7, 11) is 1.81. The van der Waals surface area contributed by atoms with Crippen LogP contribution in [0.4, 0.5) is 0 Å². The van der Waals surface area contributed by atoms with E-state index in [2.05, 4.69) is 20.7 Å². The van der Waals surface area contributed by atoms with Gasteiger partial charge in [-0.15, -0.1) is 0 Å². The van der Waals surface area contributed by atoms with E-state index in [9.17, 15) is 9.59 Å². The molecule has 0 bridgehead atoms. The van der Waals surface area contributed by atoms with Gasteiger partial charge in [0.25, 0.3) is 11.8 Å². The number of nitrogens with one attached hydrogen (secondary N) is 2. The van der Waals surface area contributed by atoms with Gasteiger partial charge in [0.15, 0.2) is 0 Å². The Morgan fingerprint density at radius 2 is 2.04 bits per heavy atom. The van der Waals surface area contributed by atoms with Crippen LogP contribution in [0.25, 0.3) is 0 Å². The van der Waals surface area contributed by atoms with Crippen LogP contribution in [0, 0.1) is 0 Å². The van der Waals surface area contributed by atoms with E-state index >= 15 is 0 Å². The molecule has 3 heterocycles. The molecule has 0 saturated carbocycles. The van der Waals surface area contributed by atoms with Crippen LogP contribution in [0.15, 0.2) is 49.1 Å². The first-order valence-corrected chi connectivity index (χ1v) is 8.76. The molecule has 0 fully saturated rings. The highest BCUT2D eigenvalue weighted by Crippen LogP contribution is 2.19. The van der Waals surface area contributed by atoms with Crippen molar-refractivity contribution in [1.82, 2.24) is 30.0 Å². The number of hydrogen-bond donors (Lipinski definition) is 2. The van der Waals surface area contributed by atoms with Gasteiger partial charge < -0.3 is 15.2 Å². The Bertz CT molecular complexity index is 975. The van der Waals surface area contributed by atoms with E-state index in [-0.39, 0.29) is 17.9 Å². The van der Waals surface area contributed by atoms with E-state index in [1.807, 2.05) is 37.4 Å². The van der Waals surface area contributed by atoms with E-state index < -0.39 is 0 Å². The second kappa shape index (κ2) is 7.06. The van der Waals surface area contributed by atoms with Gasteiger partial charge in [0.05, 0.1) is 36.4 Å². The molecule has 0 spiro atoms. The standard InChI is InChI=1S/C19H20N6O2/c1-24-11-16(21-12-24)19(27)23-14-7-17-15(9-22-25(17)10-14)18(26)20-8-13-5-3-2-4-6-13/h2-6,9,11-12,14H,7-8,10H2,1H3,(H,20,26)(H,23,27). The fourth-order valence-corrected chi connectivity index (χ4v) is 3.24. The third kappa shape index (κ3) is 3.59. The van der Waals surface area contributed by atoms with Crippen molar-refractivity contribution in [1.29, 1.82) is 0 Å². The van der Waals surface area contributed by atoms with Crippen LogP contribution in [0.2, 0.25) is 0 Å². The average molecular weight is 364 g/mol. The Balaban J connectivity index is 1.38. The van der Waals surface area contributed by atoms with E-state index in [1.165, 1.54) is 0 Å². The molecular weight excluding hydrogens is 344 g/mol. The quantitative estimate of drug-likeness (QED) is 0.703. The van der Waals surface area contributed by atoms with Gasteiger partial charge in [0, 0.05) is 26.2 Å². The SMILES string of the molecule is Cn1cnc(C(=O)NC2Cc3c(C(=O)NCc4ccccc4)cnn3C2)c1. The van der Waals surface area contributed by atoms with Gasteiger partial charge in [-0.25, -0.2) is 4.98 Å². The molecule has 138 valence electrons. The number of hydrogen-bond acceptors (Lipinski definition) is 4. The molecule has 8 heteroatoms. The molecule has 2 aromatic heterocycles. The molecule has 27 heavy (non-hydrogen) atoms. The lowest BCUT2D eigenvalue weighted by Gasteiger charge is -2.10. The number of aromatic nitrogens is 4. The number of amides is 2. The summed E-state index contributed by atoms with van der Waals surface area (Å²) in [4.78, 5) is 28.9. The highest BCUT2D eigenvalue weighted by Gasteiger charge is 2.29. The van der Waals surface area contributed by atoms with Crippen LogP contribution in [-0.2, 0) is 26.6 Å². The normalized spacial score (nSPS) is 15.4. The maximum atomic E-state index is 12.5.